The molecule has 2 aliphatic rings. The Balaban J connectivity index is 1.04. The topological polar surface area (TPSA) is 35.0 Å². The third-order valence-corrected chi connectivity index (χ3v) is 12.5. The molecule has 0 N–H and O–H groups in total. The maximum Gasteiger partial charge on any atom is 0.160 e. The molecule has 0 saturated carbocycles. The van der Waals surface area contributed by atoms with Gasteiger partial charge in [-0.15, -0.1) is 0 Å². The predicted octanol–water partition coefficient (Wildman–Crippen LogP) is 15.4. The zero-order valence-electron chi connectivity index (χ0n) is 34.9. The molecule has 0 radical (unpaired) electrons. The second-order valence-electron chi connectivity index (χ2n) is 16.1. The van der Waals surface area contributed by atoms with Crippen LogP contribution in [0.2, 0.25) is 0 Å². The van der Waals surface area contributed by atoms with Crippen molar-refractivity contribution in [2.75, 3.05) is 0 Å². The van der Waals surface area contributed by atoms with Crippen molar-refractivity contribution in [3.63, 3.8) is 0 Å². The van der Waals surface area contributed by atoms with Gasteiger partial charge in [-0.25, -0.2) is 9.97 Å². The number of fused-ring (bicyclic) bond motifs is 9. The molecule has 0 amide bonds. The van der Waals surface area contributed by atoms with Gasteiger partial charge < -0.3 is 4.74 Å². The van der Waals surface area contributed by atoms with Crippen molar-refractivity contribution in [3.05, 3.63) is 259 Å². The molecule has 11 rings (SSSR count). The van der Waals surface area contributed by atoms with Crippen LogP contribution >= 0.6 is 0 Å². The zero-order chi connectivity index (χ0) is 42.3. The smallest absolute Gasteiger partial charge is 0.160 e. The highest BCUT2D eigenvalue weighted by atomic mass is 16.5. The van der Waals surface area contributed by atoms with Crippen LogP contribution in [0.25, 0.3) is 72.9 Å². The van der Waals surface area contributed by atoms with Crippen LogP contribution in [-0.4, -0.2) is 9.97 Å². The second kappa shape index (κ2) is 15.7. The average Bonchev–Trinajstić information content (AvgIpc) is 3.64. The normalized spacial score (nSPS) is 13.2. The highest BCUT2D eigenvalue weighted by Crippen LogP contribution is 2.62. The Kier molecular flexibility index (Phi) is 9.44. The highest BCUT2D eigenvalue weighted by molar-refractivity contribution is 5.89. The lowest BCUT2D eigenvalue weighted by Crippen LogP contribution is -2.32. The van der Waals surface area contributed by atoms with Crippen molar-refractivity contribution >= 4 is 5.57 Å². The van der Waals surface area contributed by atoms with Crippen LogP contribution in [-0.2, 0) is 5.41 Å². The summed E-state index contributed by atoms with van der Waals surface area (Å²) < 4.78 is 6.74. The number of aromatic nitrogens is 2. The van der Waals surface area contributed by atoms with Gasteiger partial charge in [-0.2, -0.15) is 0 Å². The molecule has 0 unspecified atom stereocenters. The van der Waals surface area contributed by atoms with Gasteiger partial charge in [-0.05, 0) is 92.9 Å². The van der Waals surface area contributed by atoms with Gasteiger partial charge in [0.25, 0.3) is 0 Å². The van der Waals surface area contributed by atoms with E-state index in [9.17, 15) is 0 Å². The van der Waals surface area contributed by atoms with E-state index in [1.165, 1.54) is 27.8 Å². The SMILES string of the molecule is C=C/C=C(\C=C/C)c1ccc(-c2cc(-c3cccc(-c4ccc5c(c4)C4(c6ccccc6O5)c5ccccc5-c5ccccc54)c3)nc(-c3ccc(-c4ccccc4)cc3)n2)cc1. The average molecular weight is 807 g/mol. The summed E-state index contributed by atoms with van der Waals surface area (Å²) in [6, 6.07) is 71.3. The van der Waals surface area contributed by atoms with Crippen LogP contribution in [0.5, 0.6) is 11.5 Å². The van der Waals surface area contributed by atoms with Gasteiger partial charge in [-0.3, -0.25) is 0 Å². The van der Waals surface area contributed by atoms with Crippen LogP contribution in [0.4, 0.5) is 0 Å². The molecule has 0 fully saturated rings. The van der Waals surface area contributed by atoms with Gasteiger partial charge in [0.2, 0.25) is 0 Å². The molecular formula is C60H42N2O. The molecule has 8 aromatic carbocycles. The number of ether oxygens (including phenoxy) is 1. The minimum atomic E-state index is -0.540. The Morgan fingerprint density at radius 1 is 0.460 bits per heavy atom. The molecule has 2 heterocycles. The summed E-state index contributed by atoms with van der Waals surface area (Å²) >= 11 is 0. The molecule has 63 heavy (non-hydrogen) atoms. The Morgan fingerprint density at radius 2 is 1.00 bits per heavy atom. The molecule has 0 bridgehead atoms. The summed E-state index contributed by atoms with van der Waals surface area (Å²) in [6.07, 6.45) is 8.00. The van der Waals surface area contributed by atoms with E-state index in [-0.39, 0.29) is 0 Å². The van der Waals surface area contributed by atoms with E-state index < -0.39 is 5.41 Å². The zero-order valence-corrected chi connectivity index (χ0v) is 34.9. The summed E-state index contributed by atoms with van der Waals surface area (Å²) in [6.45, 7) is 5.95. The molecule has 9 aromatic rings. The van der Waals surface area contributed by atoms with E-state index in [1.807, 2.05) is 31.2 Å². The fraction of sp³-hybridized carbons (Fsp3) is 0.0333. The number of hydrogen-bond acceptors (Lipinski definition) is 3. The lowest BCUT2D eigenvalue weighted by Gasteiger charge is -2.39. The van der Waals surface area contributed by atoms with Crippen molar-refractivity contribution < 1.29 is 4.74 Å². The first kappa shape index (κ1) is 37.8. The molecule has 1 aliphatic carbocycles. The van der Waals surface area contributed by atoms with E-state index in [4.69, 9.17) is 14.7 Å². The maximum absolute atomic E-state index is 6.74. The molecule has 1 aromatic heterocycles. The van der Waals surface area contributed by atoms with Crippen LogP contribution in [0.1, 0.15) is 34.7 Å². The summed E-state index contributed by atoms with van der Waals surface area (Å²) in [5, 5.41) is 0. The van der Waals surface area contributed by atoms with Gasteiger partial charge in [0.1, 0.15) is 11.5 Å². The molecule has 298 valence electrons. The number of rotatable bonds is 8. The minimum absolute atomic E-state index is 0.540. The summed E-state index contributed by atoms with van der Waals surface area (Å²) in [4.78, 5) is 10.5. The van der Waals surface area contributed by atoms with E-state index in [2.05, 4.69) is 207 Å². The monoisotopic (exact) mass is 806 g/mol. The fourth-order valence-corrected chi connectivity index (χ4v) is 9.60. The van der Waals surface area contributed by atoms with E-state index in [1.54, 1.807) is 0 Å². The van der Waals surface area contributed by atoms with Crippen LogP contribution in [0, 0.1) is 0 Å². The van der Waals surface area contributed by atoms with E-state index >= 15 is 0 Å². The van der Waals surface area contributed by atoms with E-state index in [0.717, 1.165) is 78.5 Å². The summed E-state index contributed by atoms with van der Waals surface area (Å²) in [5.41, 5.74) is 18.2. The minimum Gasteiger partial charge on any atom is -0.457 e. The molecule has 1 spiro atoms. The number of benzene rings is 8. The largest absolute Gasteiger partial charge is 0.457 e. The summed E-state index contributed by atoms with van der Waals surface area (Å²) in [7, 11) is 0. The molecule has 0 saturated heterocycles. The molecule has 3 heteroatoms. The van der Waals surface area contributed by atoms with Crippen molar-refractivity contribution in [2.24, 2.45) is 0 Å². The number of hydrogen-bond donors (Lipinski definition) is 0. The van der Waals surface area contributed by atoms with Gasteiger partial charge in [0.15, 0.2) is 5.82 Å². The third kappa shape index (κ3) is 6.45. The summed E-state index contributed by atoms with van der Waals surface area (Å²) in [5.74, 6) is 2.42. The first-order valence-electron chi connectivity index (χ1n) is 21.5. The Labute approximate surface area is 368 Å². The quantitative estimate of drug-likeness (QED) is 0.143. The Morgan fingerprint density at radius 3 is 1.71 bits per heavy atom. The van der Waals surface area contributed by atoms with Crippen molar-refractivity contribution in [1.82, 2.24) is 9.97 Å². The fourth-order valence-electron chi connectivity index (χ4n) is 9.60. The van der Waals surface area contributed by atoms with Gasteiger partial charge in [-0.1, -0.05) is 201 Å². The highest BCUT2D eigenvalue weighted by Gasteiger charge is 2.51. The lowest BCUT2D eigenvalue weighted by atomic mass is 9.66. The van der Waals surface area contributed by atoms with Gasteiger partial charge >= 0.3 is 0 Å². The van der Waals surface area contributed by atoms with Crippen molar-refractivity contribution in [2.45, 2.75) is 12.3 Å². The molecule has 0 atom stereocenters. The first-order chi connectivity index (χ1) is 31.1. The Bertz CT molecular complexity index is 3220. The van der Waals surface area contributed by atoms with Crippen LogP contribution in [0.15, 0.2) is 231 Å². The molecule has 3 nitrogen and oxygen atoms in total. The molecule has 1 aliphatic heterocycles. The first-order valence-corrected chi connectivity index (χ1v) is 21.5. The van der Waals surface area contributed by atoms with E-state index in [0.29, 0.717) is 5.82 Å². The Hall–Kier alpha value is -8.14. The lowest BCUT2D eigenvalue weighted by molar-refractivity contribution is 0.436. The number of para-hydroxylation sites is 1. The maximum atomic E-state index is 6.74. The number of nitrogens with zero attached hydrogens (tertiary/aromatic N) is 2. The standard InChI is InChI=1S/C60H42N2O/c1-3-15-40(16-4-2)42-27-31-44(32-28-42)55-39-56(62-59(61-55)45-33-29-43(30-34-45)41-17-6-5-7-18-41)48-20-14-19-46(37-48)47-35-36-58-54(38-47)60(53-25-12-13-26-57(53)63-58)51-23-10-8-21-49(51)50-22-9-11-24-52(50)60/h3-39H,1H2,2H3/b16-4-,40-15+. The van der Waals surface area contributed by atoms with Gasteiger partial charge in [0, 0.05) is 27.8 Å². The van der Waals surface area contributed by atoms with Crippen molar-refractivity contribution in [1.29, 1.82) is 0 Å². The third-order valence-electron chi connectivity index (χ3n) is 12.5. The molecular weight excluding hydrogens is 765 g/mol. The van der Waals surface area contributed by atoms with Crippen molar-refractivity contribution in [3.8, 4) is 78.8 Å². The van der Waals surface area contributed by atoms with Crippen LogP contribution in [0.3, 0.4) is 0 Å². The number of allylic oxidation sites excluding steroid dienone is 5. The second-order valence-corrected chi connectivity index (χ2v) is 16.1. The van der Waals surface area contributed by atoms with Gasteiger partial charge in [0.05, 0.1) is 16.8 Å². The predicted molar refractivity (Wildman–Crippen MR) is 260 cm³/mol. The van der Waals surface area contributed by atoms with Crippen LogP contribution < -0.4 is 4.74 Å².